The number of primary amides is 1. The highest BCUT2D eigenvalue weighted by Crippen LogP contribution is 2.36. The summed E-state index contributed by atoms with van der Waals surface area (Å²) in [6.45, 7) is 0.327. The zero-order valence-electron chi connectivity index (χ0n) is 17.2. The van der Waals surface area contributed by atoms with E-state index in [1.54, 1.807) is 35.6 Å². The first-order valence-electron chi connectivity index (χ1n) is 9.93. The third kappa shape index (κ3) is 3.39. The van der Waals surface area contributed by atoms with Crippen molar-refractivity contribution in [2.75, 3.05) is 6.26 Å². The maximum absolute atomic E-state index is 12.4. The van der Waals surface area contributed by atoms with Crippen LogP contribution in [0, 0.1) is 6.07 Å². The van der Waals surface area contributed by atoms with E-state index in [-0.39, 0.29) is 0 Å². The van der Waals surface area contributed by atoms with Gasteiger partial charge in [-0.2, -0.15) is 0 Å². The van der Waals surface area contributed by atoms with Crippen molar-refractivity contribution < 1.29 is 13.2 Å². The Balaban J connectivity index is 1.83. The number of nitrogens with two attached hydrogens (primary N) is 1. The summed E-state index contributed by atoms with van der Waals surface area (Å²) in [7, 11) is -3.40. The lowest BCUT2D eigenvalue weighted by molar-refractivity contribution is 0.100. The quantitative estimate of drug-likeness (QED) is 0.407. The smallest absolute Gasteiger partial charge is 0.249 e. The molecule has 7 heteroatoms. The van der Waals surface area contributed by atoms with Crippen LogP contribution in [-0.4, -0.2) is 25.1 Å². The number of hydrogen-bond acceptors (Lipinski definition) is 4. The average molecular weight is 460 g/mol. The molecule has 0 bridgehead atoms. The average Bonchev–Trinajstić information content (AvgIpc) is 3.40. The van der Waals surface area contributed by atoms with Gasteiger partial charge >= 0.3 is 0 Å². The van der Waals surface area contributed by atoms with E-state index in [4.69, 9.17) is 5.73 Å². The van der Waals surface area contributed by atoms with Crippen LogP contribution in [0.1, 0.15) is 15.9 Å². The predicted molar refractivity (Wildman–Crippen MR) is 129 cm³/mol. The normalized spacial score (nSPS) is 11.9. The minimum atomic E-state index is -3.40. The number of nitrogens with zero attached hydrogens (tertiary/aromatic N) is 1. The highest BCUT2D eigenvalue weighted by atomic mass is 32.2. The molecule has 0 spiro atoms. The van der Waals surface area contributed by atoms with Crippen LogP contribution in [0.2, 0.25) is 0 Å². The number of amides is 1. The number of sulfone groups is 1. The van der Waals surface area contributed by atoms with Crippen LogP contribution in [-0.2, 0) is 16.4 Å². The van der Waals surface area contributed by atoms with Gasteiger partial charge in [0.15, 0.2) is 9.84 Å². The van der Waals surface area contributed by atoms with Gasteiger partial charge in [-0.3, -0.25) is 4.79 Å². The van der Waals surface area contributed by atoms with E-state index >= 15 is 0 Å². The van der Waals surface area contributed by atoms with Gasteiger partial charge in [0.2, 0.25) is 5.91 Å². The van der Waals surface area contributed by atoms with Gasteiger partial charge in [-0.1, -0.05) is 30.3 Å². The van der Waals surface area contributed by atoms with Gasteiger partial charge in [-0.05, 0) is 59.0 Å². The second-order valence-corrected chi connectivity index (χ2v) is 10.6. The fourth-order valence-corrected chi connectivity index (χ4v) is 5.83. The van der Waals surface area contributed by atoms with Crippen LogP contribution in [0.4, 0.5) is 0 Å². The summed E-state index contributed by atoms with van der Waals surface area (Å²) in [5, 5.41) is 3.53. The molecule has 5 nitrogen and oxygen atoms in total. The SMILES string of the molecule is CS(=O)(=O)c1ccccc1Cn1c2cc(-c3cccs3)c[c]c2c2c(C(N)=O)cccc21. The molecule has 159 valence electrons. The molecule has 5 aromatic rings. The molecule has 32 heavy (non-hydrogen) atoms. The number of aromatic nitrogens is 1. The van der Waals surface area contributed by atoms with Crippen molar-refractivity contribution in [1.29, 1.82) is 0 Å². The van der Waals surface area contributed by atoms with Crippen molar-refractivity contribution in [1.82, 2.24) is 4.57 Å². The molecular formula is C25H19N2O3S2. The summed E-state index contributed by atoms with van der Waals surface area (Å²) in [4.78, 5) is 13.6. The molecule has 2 aromatic heterocycles. The molecule has 0 atom stereocenters. The van der Waals surface area contributed by atoms with Crippen LogP contribution >= 0.6 is 11.3 Å². The maximum Gasteiger partial charge on any atom is 0.249 e. The number of carbonyl (C=O) groups is 1. The predicted octanol–water partition coefficient (Wildman–Crippen LogP) is 4.87. The van der Waals surface area contributed by atoms with Crippen LogP contribution in [0.15, 0.2) is 77.0 Å². The highest BCUT2D eigenvalue weighted by Gasteiger charge is 2.20. The Morgan fingerprint density at radius 3 is 2.59 bits per heavy atom. The monoisotopic (exact) mass is 459 g/mol. The maximum atomic E-state index is 12.4. The Morgan fingerprint density at radius 1 is 1.06 bits per heavy atom. The molecule has 2 N–H and O–H groups in total. The summed E-state index contributed by atoms with van der Waals surface area (Å²) in [5.74, 6) is -0.512. The largest absolute Gasteiger partial charge is 0.366 e. The Morgan fingerprint density at radius 2 is 1.88 bits per heavy atom. The second-order valence-electron chi connectivity index (χ2n) is 7.66. The molecule has 1 radical (unpaired) electrons. The zero-order valence-corrected chi connectivity index (χ0v) is 18.8. The first-order valence-corrected chi connectivity index (χ1v) is 12.7. The molecule has 0 unspecified atom stereocenters. The number of benzene rings is 3. The van der Waals surface area contributed by atoms with E-state index in [2.05, 4.69) is 12.1 Å². The number of carbonyl (C=O) groups excluding carboxylic acids is 1. The number of fused-ring (bicyclic) bond motifs is 3. The van der Waals surface area contributed by atoms with E-state index in [0.29, 0.717) is 22.6 Å². The lowest BCUT2D eigenvalue weighted by Gasteiger charge is -2.12. The Hall–Kier alpha value is -3.42. The third-order valence-corrected chi connectivity index (χ3v) is 7.68. The lowest BCUT2D eigenvalue weighted by atomic mass is 10.0. The Labute approximate surface area is 189 Å². The van der Waals surface area contributed by atoms with Gasteiger partial charge < -0.3 is 10.3 Å². The van der Waals surface area contributed by atoms with Crippen molar-refractivity contribution in [2.24, 2.45) is 5.73 Å². The first kappa shape index (κ1) is 20.5. The molecule has 0 saturated carbocycles. The van der Waals surface area contributed by atoms with Gasteiger partial charge in [0.05, 0.1) is 15.9 Å². The Bertz CT molecular complexity index is 1600. The van der Waals surface area contributed by atoms with Crippen molar-refractivity contribution in [2.45, 2.75) is 11.4 Å². The minimum Gasteiger partial charge on any atom is -0.366 e. The molecule has 0 fully saturated rings. The van der Waals surface area contributed by atoms with Crippen LogP contribution < -0.4 is 5.73 Å². The van der Waals surface area contributed by atoms with Crippen molar-refractivity contribution in [3.8, 4) is 10.4 Å². The van der Waals surface area contributed by atoms with Crippen molar-refractivity contribution in [3.05, 3.63) is 89.3 Å². The lowest BCUT2D eigenvalue weighted by Crippen LogP contribution is -2.11. The third-order valence-electron chi connectivity index (χ3n) is 5.57. The molecule has 0 aliphatic rings. The highest BCUT2D eigenvalue weighted by molar-refractivity contribution is 7.90. The van der Waals surface area contributed by atoms with Gasteiger partial charge in [0.1, 0.15) is 0 Å². The summed E-state index contributed by atoms with van der Waals surface area (Å²) in [6, 6.07) is 23.8. The number of hydrogen-bond donors (Lipinski definition) is 1. The van der Waals surface area contributed by atoms with Crippen LogP contribution in [0.25, 0.3) is 32.2 Å². The van der Waals surface area contributed by atoms with Crippen molar-refractivity contribution >= 4 is 48.9 Å². The van der Waals surface area contributed by atoms with E-state index in [1.807, 2.05) is 46.3 Å². The summed E-state index contributed by atoms with van der Waals surface area (Å²) < 4.78 is 26.8. The molecule has 0 aliphatic heterocycles. The Kier molecular flexibility index (Phi) is 4.87. The van der Waals surface area contributed by atoms with Crippen LogP contribution in [0.3, 0.4) is 0 Å². The van der Waals surface area contributed by atoms with E-state index in [1.165, 1.54) is 6.26 Å². The number of thiophene rings is 1. The molecule has 0 aliphatic carbocycles. The fourth-order valence-electron chi connectivity index (χ4n) is 4.18. The minimum absolute atomic E-state index is 0.291. The fraction of sp³-hybridized carbons (Fsp3) is 0.0800. The molecule has 3 aromatic carbocycles. The van der Waals surface area contributed by atoms with E-state index < -0.39 is 15.7 Å². The van der Waals surface area contributed by atoms with Crippen molar-refractivity contribution in [3.63, 3.8) is 0 Å². The van der Waals surface area contributed by atoms with Gasteiger partial charge in [-0.25, -0.2) is 8.42 Å². The summed E-state index contributed by atoms with van der Waals surface area (Å²) in [6.07, 6.45) is 1.21. The van der Waals surface area contributed by atoms with E-state index in [0.717, 1.165) is 32.2 Å². The van der Waals surface area contributed by atoms with Gasteiger partial charge in [0.25, 0.3) is 0 Å². The van der Waals surface area contributed by atoms with Crippen LogP contribution in [0.5, 0.6) is 0 Å². The second kappa shape index (κ2) is 7.62. The van der Waals surface area contributed by atoms with Gasteiger partial charge in [-0.15, -0.1) is 11.3 Å². The summed E-state index contributed by atoms with van der Waals surface area (Å²) in [5.41, 5.74) is 9.46. The van der Waals surface area contributed by atoms with E-state index in [9.17, 15) is 13.2 Å². The first-order chi connectivity index (χ1) is 15.3. The topological polar surface area (TPSA) is 82.2 Å². The standard InChI is InChI=1S/C25H19N2O3S2/c1-32(29,30)23-10-3-2-6-17(23)15-27-20-8-4-7-19(25(26)28)24(20)18-12-11-16(14-21(18)27)22-9-5-13-31-22/h2-11,13-14H,15H2,1H3,(H2,26,28). The molecule has 1 amide bonds. The summed E-state index contributed by atoms with van der Waals surface area (Å²) >= 11 is 1.63. The molecule has 2 heterocycles. The van der Waals surface area contributed by atoms with Gasteiger partial charge in [0, 0.05) is 34.0 Å². The molecule has 0 saturated heterocycles. The zero-order chi connectivity index (χ0) is 22.5. The molecule has 5 rings (SSSR count). The number of rotatable bonds is 5. The molecular weight excluding hydrogens is 440 g/mol.